The number of hydrogen-bond donors (Lipinski definition) is 0. The Balaban J connectivity index is 1.80. The molecule has 3 nitrogen and oxygen atoms in total. The highest BCUT2D eigenvalue weighted by Crippen LogP contribution is 2.35. The van der Waals surface area contributed by atoms with E-state index in [1.54, 1.807) is 23.1 Å². The van der Waals surface area contributed by atoms with Gasteiger partial charge in [-0.2, -0.15) is 5.26 Å². The zero-order valence-electron chi connectivity index (χ0n) is 11.8. The summed E-state index contributed by atoms with van der Waals surface area (Å²) < 4.78 is 0.835. The number of piperidine rings is 1. The van der Waals surface area contributed by atoms with Crippen LogP contribution in [0.2, 0.25) is 0 Å². The van der Waals surface area contributed by atoms with Gasteiger partial charge in [-0.3, -0.25) is 4.79 Å². The van der Waals surface area contributed by atoms with Crippen molar-refractivity contribution in [3.05, 3.63) is 35.2 Å². The predicted molar refractivity (Wildman–Crippen MR) is 88.8 cm³/mol. The second kappa shape index (κ2) is 5.70. The summed E-state index contributed by atoms with van der Waals surface area (Å²) in [5.41, 5.74) is 0.796. The summed E-state index contributed by atoms with van der Waals surface area (Å²) in [5.74, 6) is 0.0973. The Hall–Kier alpha value is -1.51. The van der Waals surface area contributed by atoms with Gasteiger partial charge in [-0.05, 0) is 25.2 Å². The Labute approximate surface area is 132 Å². The third-order valence-corrected chi connectivity index (χ3v) is 6.41. The fraction of sp³-hybridized carbons (Fsp3) is 0.375. The van der Waals surface area contributed by atoms with Crippen molar-refractivity contribution in [2.75, 3.05) is 19.3 Å². The summed E-state index contributed by atoms with van der Waals surface area (Å²) in [4.78, 5) is 14.6. The van der Waals surface area contributed by atoms with E-state index in [4.69, 9.17) is 0 Å². The molecular weight excluding hydrogens is 300 g/mol. The van der Waals surface area contributed by atoms with E-state index in [1.807, 2.05) is 40.8 Å². The fourth-order valence-electron chi connectivity index (χ4n) is 2.75. The third-order valence-electron chi connectivity index (χ3n) is 4.16. The SMILES string of the molecule is CSC1(C#N)CCN(C(=O)c2csc3ccccc23)CC1. The molecule has 1 amide bonds. The monoisotopic (exact) mass is 316 g/mol. The largest absolute Gasteiger partial charge is 0.338 e. The molecule has 2 aromatic rings. The Morgan fingerprint density at radius 2 is 2.10 bits per heavy atom. The van der Waals surface area contributed by atoms with Crippen LogP contribution in [0.25, 0.3) is 10.1 Å². The van der Waals surface area contributed by atoms with Crippen molar-refractivity contribution in [2.45, 2.75) is 17.6 Å². The van der Waals surface area contributed by atoms with Crippen LogP contribution in [0.5, 0.6) is 0 Å². The number of thioether (sulfide) groups is 1. The number of amides is 1. The van der Waals surface area contributed by atoms with E-state index in [-0.39, 0.29) is 10.7 Å². The lowest BCUT2D eigenvalue weighted by atomic mass is 9.96. The van der Waals surface area contributed by atoms with Crippen LogP contribution in [0.15, 0.2) is 29.6 Å². The number of thiophene rings is 1. The van der Waals surface area contributed by atoms with Gasteiger partial charge in [0.1, 0.15) is 4.75 Å². The first-order valence-electron chi connectivity index (χ1n) is 6.91. The minimum Gasteiger partial charge on any atom is -0.338 e. The number of carbonyl (C=O) groups excluding carboxylic acids is 1. The number of rotatable bonds is 2. The number of nitriles is 1. The lowest BCUT2D eigenvalue weighted by molar-refractivity contribution is 0.0719. The maximum absolute atomic E-state index is 12.7. The first-order chi connectivity index (χ1) is 10.2. The van der Waals surface area contributed by atoms with Crippen LogP contribution < -0.4 is 0 Å². The van der Waals surface area contributed by atoms with E-state index in [1.165, 1.54) is 0 Å². The number of hydrogen-bond acceptors (Lipinski definition) is 4. The van der Waals surface area contributed by atoms with Crippen LogP contribution in [0.3, 0.4) is 0 Å². The molecule has 21 heavy (non-hydrogen) atoms. The van der Waals surface area contributed by atoms with Crippen LogP contribution in [0.4, 0.5) is 0 Å². The number of benzene rings is 1. The molecule has 3 rings (SSSR count). The summed E-state index contributed by atoms with van der Waals surface area (Å²) in [6, 6.07) is 10.4. The summed E-state index contributed by atoms with van der Waals surface area (Å²) in [6.07, 6.45) is 3.48. The zero-order chi connectivity index (χ0) is 14.9. The van der Waals surface area contributed by atoms with Crippen molar-refractivity contribution >= 4 is 39.1 Å². The minimum absolute atomic E-state index is 0.0973. The van der Waals surface area contributed by atoms with Gasteiger partial charge in [0.25, 0.3) is 5.91 Å². The lowest BCUT2D eigenvalue weighted by Gasteiger charge is -2.36. The molecule has 0 N–H and O–H groups in total. The van der Waals surface area contributed by atoms with Gasteiger partial charge in [-0.25, -0.2) is 0 Å². The van der Waals surface area contributed by atoms with E-state index in [0.29, 0.717) is 13.1 Å². The van der Waals surface area contributed by atoms with Gasteiger partial charge in [0.2, 0.25) is 0 Å². The average Bonchev–Trinajstić information content (AvgIpc) is 2.98. The highest BCUT2D eigenvalue weighted by molar-refractivity contribution is 8.00. The molecule has 1 aliphatic heterocycles. The van der Waals surface area contributed by atoms with E-state index in [2.05, 4.69) is 6.07 Å². The van der Waals surface area contributed by atoms with Gasteiger partial charge in [-0.1, -0.05) is 18.2 Å². The predicted octanol–water partition coefficient (Wildman–Crippen LogP) is 3.76. The first kappa shape index (κ1) is 14.4. The van der Waals surface area contributed by atoms with Crippen LogP contribution in [-0.2, 0) is 0 Å². The summed E-state index contributed by atoms with van der Waals surface area (Å²) in [5, 5.41) is 12.3. The van der Waals surface area contributed by atoms with E-state index < -0.39 is 0 Å². The quantitative estimate of drug-likeness (QED) is 0.847. The fourth-order valence-corrected chi connectivity index (χ4v) is 4.36. The highest BCUT2D eigenvalue weighted by atomic mass is 32.2. The van der Waals surface area contributed by atoms with Crippen molar-refractivity contribution < 1.29 is 4.79 Å². The minimum atomic E-state index is -0.312. The maximum Gasteiger partial charge on any atom is 0.255 e. The molecular formula is C16H16N2OS2. The first-order valence-corrected chi connectivity index (χ1v) is 9.01. The maximum atomic E-state index is 12.7. The zero-order valence-corrected chi connectivity index (χ0v) is 13.5. The topological polar surface area (TPSA) is 44.1 Å². The molecule has 0 aliphatic carbocycles. The van der Waals surface area contributed by atoms with Crippen molar-refractivity contribution in [3.63, 3.8) is 0 Å². The molecule has 1 saturated heterocycles. The van der Waals surface area contributed by atoms with Crippen molar-refractivity contribution in [2.24, 2.45) is 0 Å². The van der Waals surface area contributed by atoms with Crippen LogP contribution in [0, 0.1) is 11.3 Å². The third kappa shape index (κ3) is 2.54. The molecule has 1 fully saturated rings. The molecule has 1 aliphatic rings. The molecule has 2 heterocycles. The molecule has 0 spiro atoms. The van der Waals surface area contributed by atoms with Gasteiger partial charge in [0.15, 0.2) is 0 Å². The van der Waals surface area contributed by atoms with Crippen molar-refractivity contribution in [3.8, 4) is 6.07 Å². The molecule has 1 aromatic heterocycles. The molecule has 0 unspecified atom stereocenters. The average molecular weight is 316 g/mol. The van der Waals surface area contributed by atoms with E-state index in [9.17, 15) is 10.1 Å². The molecule has 1 aromatic carbocycles. The standard InChI is InChI=1S/C16H16N2OS2/c1-20-16(11-17)6-8-18(9-7-16)15(19)13-10-21-14-5-3-2-4-12(13)14/h2-5,10H,6-9H2,1H3. The molecule has 0 atom stereocenters. The molecule has 0 saturated carbocycles. The lowest BCUT2D eigenvalue weighted by Crippen LogP contribution is -2.44. The summed E-state index contributed by atoms with van der Waals surface area (Å²) >= 11 is 3.22. The Kier molecular flexibility index (Phi) is 3.92. The van der Waals surface area contributed by atoms with E-state index in [0.717, 1.165) is 28.5 Å². The number of likely N-dealkylation sites (tertiary alicyclic amines) is 1. The van der Waals surface area contributed by atoms with Crippen LogP contribution in [0.1, 0.15) is 23.2 Å². The number of carbonyl (C=O) groups is 1. The Morgan fingerprint density at radius 1 is 1.38 bits per heavy atom. The Bertz CT molecular complexity index is 708. The van der Waals surface area contributed by atoms with E-state index >= 15 is 0 Å². The summed E-state index contributed by atoms with van der Waals surface area (Å²) in [6.45, 7) is 1.33. The van der Waals surface area contributed by atoms with Gasteiger partial charge >= 0.3 is 0 Å². The molecule has 0 bridgehead atoms. The molecule has 0 radical (unpaired) electrons. The second-order valence-electron chi connectivity index (χ2n) is 5.25. The van der Waals surface area contributed by atoms with Gasteiger partial charge in [-0.15, -0.1) is 23.1 Å². The smallest absolute Gasteiger partial charge is 0.255 e. The molecule has 5 heteroatoms. The van der Waals surface area contributed by atoms with Gasteiger partial charge in [0.05, 0.1) is 11.6 Å². The molecule has 108 valence electrons. The van der Waals surface area contributed by atoms with Crippen molar-refractivity contribution in [1.82, 2.24) is 4.90 Å². The van der Waals surface area contributed by atoms with Crippen LogP contribution in [-0.4, -0.2) is 34.9 Å². The van der Waals surface area contributed by atoms with Gasteiger partial charge in [0, 0.05) is 28.6 Å². The van der Waals surface area contributed by atoms with Crippen LogP contribution >= 0.6 is 23.1 Å². The number of nitrogens with zero attached hydrogens (tertiary/aromatic N) is 2. The summed E-state index contributed by atoms with van der Waals surface area (Å²) in [7, 11) is 0. The normalized spacial score (nSPS) is 17.6. The highest BCUT2D eigenvalue weighted by Gasteiger charge is 2.35. The number of fused-ring (bicyclic) bond motifs is 1. The Morgan fingerprint density at radius 3 is 2.76 bits per heavy atom. The van der Waals surface area contributed by atoms with Crippen molar-refractivity contribution in [1.29, 1.82) is 5.26 Å². The van der Waals surface area contributed by atoms with Gasteiger partial charge < -0.3 is 4.90 Å². The second-order valence-corrected chi connectivity index (χ2v) is 7.35.